The fourth-order valence-corrected chi connectivity index (χ4v) is 2.49. The number of piperazine rings is 1. The lowest BCUT2D eigenvalue weighted by molar-refractivity contribution is -0.384. The summed E-state index contributed by atoms with van der Waals surface area (Å²) in [6.07, 6.45) is 0. The van der Waals surface area contributed by atoms with Crippen LogP contribution in [0.15, 0.2) is 18.2 Å². The van der Waals surface area contributed by atoms with E-state index < -0.39 is 4.92 Å². The van der Waals surface area contributed by atoms with Crippen LogP contribution >= 0.6 is 0 Å². The molecule has 8 heteroatoms. The van der Waals surface area contributed by atoms with Gasteiger partial charge >= 0.3 is 0 Å². The Morgan fingerprint density at radius 3 is 2.52 bits per heavy atom. The summed E-state index contributed by atoms with van der Waals surface area (Å²) in [6, 6.07) is 6.43. The van der Waals surface area contributed by atoms with Crippen molar-refractivity contribution < 1.29 is 9.72 Å². The number of anilines is 1. The Hall–Kier alpha value is -2.66. The zero-order valence-corrected chi connectivity index (χ0v) is 13.2. The van der Waals surface area contributed by atoms with Crippen LogP contribution in [0.5, 0.6) is 0 Å². The quantitative estimate of drug-likeness (QED) is 0.599. The molecule has 0 aromatic heterocycles. The van der Waals surface area contributed by atoms with E-state index in [1.807, 2.05) is 15.9 Å². The SMILES string of the molecule is CN(C)C(=O)CN1CCN(c2ccc(C#N)cc2[N+](=O)[O-])CC1. The second-order valence-electron chi connectivity index (χ2n) is 5.62. The van der Waals surface area contributed by atoms with E-state index in [1.54, 1.807) is 31.1 Å². The van der Waals surface area contributed by atoms with Gasteiger partial charge in [-0.1, -0.05) is 0 Å². The van der Waals surface area contributed by atoms with E-state index >= 15 is 0 Å². The van der Waals surface area contributed by atoms with Gasteiger partial charge in [0.15, 0.2) is 0 Å². The highest BCUT2D eigenvalue weighted by Gasteiger charge is 2.25. The van der Waals surface area contributed by atoms with Crippen molar-refractivity contribution in [2.24, 2.45) is 0 Å². The minimum Gasteiger partial charge on any atom is -0.363 e. The van der Waals surface area contributed by atoms with Gasteiger partial charge in [0, 0.05) is 46.3 Å². The Labute approximate surface area is 134 Å². The van der Waals surface area contributed by atoms with Crippen molar-refractivity contribution in [1.82, 2.24) is 9.80 Å². The molecule has 1 heterocycles. The normalized spacial score (nSPS) is 15.1. The van der Waals surface area contributed by atoms with Crippen molar-refractivity contribution in [1.29, 1.82) is 5.26 Å². The Morgan fingerprint density at radius 2 is 2.00 bits per heavy atom. The van der Waals surface area contributed by atoms with Crippen LogP contribution in [0.25, 0.3) is 0 Å². The van der Waals surface area contributed by atoms with E-state index in [4.69, 9.17) is 5.26 Å². The van der Waals surface area contributed by atoms with Gasteiger partial charge in [0.05, 0.1) is 23.1 Å². The zero-order valence-electron chi connectivity index (χ0n) is 13.2. The van der Waals surface area contributed by atoms with Crippen LogP contribution in [-0.2, 0) is 4.79 Å². The number of carbonyl (C=O) groups excluding carboxylic acids is 1. The minimum absolute atomic E-state index is 0.0443. The van der Waals surface area contributed by atoms with E-state index in [0.717, 1.165) is 0 Å². The molecule has 0 bridgehead atoms. The standard InChI is InChI=1S/C15H19N5O3/c1-17(2)15(21)11-18-5-7-19(8-6-18)13-4-3-12(10-16)9-14(13)20(22)23/h3-4,9H,5-8,11H2,1-2H3. The van der Waals surface area contributed by atoms with E-state index in [1.165, 1.54) is 6.07 Å². The first-order valence-electron chi connectivity index (χ1n) is 7.28. The minimum atomic E-state index is -0.460. The first-order chi connectivity index (χ1) is 10.9. The molecule has 8 nitrogen and oxygen atoms in total. The van der Waals surface area contributed by atoms with Crippen molar-refractivity contribution in [3.05, 3.63) is 33.9 Å². The van der Waals surface area contributed by atoms with Gasteiger partial charge in [0.2, 0.25) is 5.91 Å². The largest absolute Gasteiger partial charge is 0.363 e. The molecular formula is C15H19N5O3. The molecule has 1 aromatic rings. The summed E-state index contributed by atoms with van der Waals surface area (Å²) in [5.41, 5.74) is 0.741. The number of carbonyl (C=O) groups is 1. The summed E-state index contributed by atoms with van der Waals surface area (Å²) in [7, 11) is 3.44. The molecular weight excluding hydrogens is 298 g/mol. The lowest BCUT2D eigenvalue weighted by Gasteiger charge is -2.35. The number of rotatable bonds is 4. The second-order valence-corrected chi connectivity index (χ2v) is 5.62. The third kappa shape index (κ3) is 3.96. The van der Waals surface area contributed by atoms with Crippen molar-refractivity contribution in [2.45, 2.75) is 0 Å². The summed E-state index contributed by atoms with van der Waals surface area (Å²) in [6.45, 7) is 2.89. The lowest BCUT2D eigenvalue weighted by Crippen LogP contribution is -2.49. The first-order valence-corrected chi connectivity index (χ1v) is 7.28. The van der Waals surface area contributed by atoms with Crippen LogP contribution < -0.4 is 4.90 Å². The van der Waals surface area contributed by atoms with Crippen LogP contribution in [0.4, 0.5) is 11.4 Å². The maximum Gasteiger partial charge on any atom is 0.293 e. The van der Waals surface area contributed by atoms with Crippen molar-refractivity contribution >= 4 is 17.3 Å². The van der Waals surface area contributed by atoms with E-state index in [9.17, 15) is 14.9 Å². The highest BCUT2D eigenvalue weighted by Crippen LogP contribution is 2.29. The van der Waals surface area contributed by atoms with Gasteiger partial charge in [-0.25, -0.2) is 0 Å². The number of likely N-dealkylation sites (N-methyl/N-ethyl adjacent to an activating group) is 1. The average molecular weight is 317 g/mol. The van der Waals surface area contributed by atoms with Crippen LogP contribution in [-0.4, -0.2) is 67.4 Å². The molecule has 1 amide bonds. The highest BCUT2D eigenvalue weighted by atomic mass is 16.6. The average Bonchev–Trinajstić information content (AvgIpc) is 2.54. The van der Waals surface area contributed by atoms with Crippen molar-refractivity contribution in [2.75, 3.05) is 51.7 Å². The number of nitriles is 1. The van der Waals surface area contributed by atoms with Gasteiger partial charge in [0.1, 0.15) is 5.69 Å². The predicted molar refractivity (Wildman–Crippen MR) is 85.2 cm³/mol. The third-order valence-corrected chi connectivity index (χ3v) is 3.87. The molecule has 0 radical (unpaired) electrons. The van der Waals surface area contributed by atoms with Gasteiger partial charge in [-0.2, -0.15) is 5.26 Å². The van der Waals surface area contributed by atoms with Gasteiger partial charge < -0.3 is 9.80 Å². The molecule has 1 fully saturated rings. The van der Waals surface area contributed by atoms with Gasteiger partial charge in [-0.15, -0.1) is 0 Å². The topological polar surface area (TPSA) is 93.7 Å². The van der Waals surface area contributed by atoms with Crippen LogP contribution in [0, 0.1) is 21.4 Å². The molecule has 0 aliphatic carbocycles. The summed E-state index contributed by atoms with van der Waals surface area (Å²) in [4.78, 5) is 28.0. The lowest BCUT2D eigenvalue weighted by atomic mass is 10.1. The van der Waals surface area contributed by atoms with Gasteiger partial charge in [0.25, 0.3) is 5.69 Å². The number of nitro groups is 1. The molecule has 0 spiro atoms. The van der Waals surface area contributed by atoms with Crippen molar-refractivity contribution in [3.63, 3.8) is 0 Å². The summed E-state index contributed by atoms with van der Waals surface area (Å²) in [5.74, 6) is 0.0443. The molecule has 0 N–H and O–H groups in total. The Kier molecular flexibility index (Phi) is 5.13. The molecule has 2 rings (SSSR count). The smallest absolute Gasteiger partial charge is 0.293 e. The number of benzene rings is 1. The van der Waals surface area contributed by atoms with Gasteiger partial charge in [-0.3, -0.25) is 19.8 Å². The summed E-state index contributed by atoms with van der Waals surface area (Å²) < 4.78 is 0. The maximum atomic E-state index is 11.7. The number of amides is 1. The maximum absolute atomic E-state index is 11.7. The molecule has 1 aromatic carbocycles. The van der Waals surface area contributed by atoms with E-state index in [-0.39, 0.29) is 17.2 Å². The summed E-state index contributed by atoms with van der Waals surface area (Å²) >= 11 is 0. The predicted octanol–water partition coefficient (Wildman–Crippen LogP) is 0.677. The molecule has 0 saturated carbocycles. The number of nitro benzene ring substituents is 1. The fraction of sp³-hybridized carbons (Fsp3) is 0.467. The molecule has 0 atom stereocenters. The number of hydrogen-bond donors (Lipinski definition) is 0. The molecule has 23 heavy (non-hydrogen) atoms. The molecule has 0 unspecified atom stereocenters. The van der Waals surface area contributed by atoms with Crippen molar-refractivity contribution in [3.8, 4) is 6.07 Å². The molecule has 1 aliphatic rings. The van der Waals surface area contributed by atoms with E-state index in [0.29, 0.717) is 38.4 Å². The monoisotopic (exact) mass is 317 g/mol. The number of hydrogen-bond acceptors (Lipinski definition) is 6. The van der Waals surface area contributed by atoms with Crippen LogP contribution in [0.2, 0.25) is 0 Å². The van der Waals surface area contributed by atoms with Gasteiger partial charge in [-0.05, 0) is 12.1 Å². The molecule has 1 aliphatic heterocycles. The molecule has 1 saturated heterocycles. The van der Waals surface area contributed by atoms with Crippen LogP contribution in [0.3, 0.4) is 0 Å². The third-order valence-electron chi connectivity index (χ3n) is 3.87. The Morgan fingerprint density at radius 1 is 1.35 bits per heavy atom. The second kappa shape index (κ2) is 7.07. The molecule has 122 valence electrons. The summed E-state index contributed by atoms with van der Waals surface area (Å²) in [5, 5.41) is 20.1. The Balaban J connectivity index is 2.07. The van der Waals surface area contributed by atoms with E-state index in [2.05, 4.69) is 0 Å². The Bertz CT molecular complexity index is 645. The highest BCUT2D eigenvalue weighted by molar-refractivity contribution is 5.77. The first kappa shape index (κ1) is 16.7. The number of nitrogens with zero attached hydrogens (tertiary/aromatic N) is 5. The van der Waals surface area contributed by atoms with Crippen LogP contribution in [0.1, 0.15) is 5.56 Å². The fourth-order valence-electron chi connectivity index (χ4n) is 2.49. The zero-order chi connectivity index (χ0) is 17.0.